The van der Waals surface area contributed by atoms with E-state index in [0.717, 1.165) is 44.7 Å². The van der Waals surface area contributed by atoms with Gasteiger partial charge in [-0.05, 0) is 53.1 Å². The number of methoxy groups -OCH3 is 2. The van der Waals surface area contributed by atoms with Crippen LogP contribution in [0.3, 0.4) is 0 Å². The second-order valence-electron chi connectivity index (χ2n) is 6.44. The summed E-state index contributed by atoms with van der Waals surface area (Å²) < 4.78 is 10.6. The number of nitrogens with zero attached hydrogens (tertiary/aromatic N) is 1. The SMILES string of the molecule is COc1ccc(C(=Cc2cccc3cccnc23)c2ccc(OC)cc2)cc1. The molecule has 28 heavy (non-hydrogen) atoms. The Balaban J connectivity index is 1.89. The average Bonchev–Trinajstić information content (AvgIpc) is 2.78. The Hall–Kier alpha value is -3.59. The highest BCUT2D eigenvalue weighted by Gasteiger charge is 2.08. The van der Waals surface area contributed by atoms with E-state index in [0.29, 0.717) is 0 Å². The zero-order valence-electron chi connectivity index (χ0n) is 15.9. The standard InChI is InChI=1S/C25H21NO2/c1-27-22-12-8-18(9-13-22)24(19-10-14-23(28-2)15-11-19)17-21-6-3-5-20-7-4-16-26-25(20)21/h3-17H,1-2H3. The molecule has 138 valence electrons. The van der Waals surface area contributed by atoms with Crippen LogP contribution in [0, 0.1) is 0 Å². The summed E-state index contributed by atoms with van der Waals surface area (Å²) in [5.74, 6) is 1.68. The van der Waals surface area contributed by atoms with Crippen LogP contribution >= 0.6 is 0 Å². The number of ether oxygens (including phenoxy) is 2. The third kappa shape index (κ3) is 3.60. The van der Waals surface area contributed by atoms with Crippen molar-refractivity contribution in [2.24, 2.45) is 0 Å². The largest absolute Gasteiger partial charge is 0.497 e. The Morgan fingerprint density at radius 1 is 0.714 bits per heavy atom. The molecule has 3 nitrogen and oxygen atoms in total. The number of rotatable bonds is 5. The van der Waals surface area contributed by atoms with E-state index in [-0.39, 0.29) is 0 Å². The van der Waals surface area contributed by atoms with E-state index in [2.05, 4.69) is 59.6 Å². The van der Waals surface area contributed by atoms with Crippen LogP contribution in [0.25, 0.3) is 22.6 Å². The molecule has 0 aliphatic rings. The average molecular weight is 367 g/mol. The lowest BCUT2D eigenvalue weighted by Crippen LogP contribution is -1.91. The monoisotopic (exact) mass is 367 g/mol. The highest BCUT2D eigenvalue weighted by Crippen LogP contribution is 2.30. The Morgan fingerprint density at radius 2 is 1.29 bits per heavy atom. The van der Waals surface area contributed by atoms with Crippen LogP contribution in [0.2, 0.25) is 0 Å². The molecule has 0 aliphatic carbocycles. The van der Waals surface area contributed by atoms with Crippen LogP contribution in [-0.4, -0.2) is 19.2 Å². The van der Waals surface area contributed by atoms with Crippen LogP contribution < -0.4 is 9.47 Å². The smallest absolute Gasteiger partial charge is 0.118 e. The van der Waals surface area contributed by atoms with Gasteiger partial charge in [-0.25, -0.2) is 0 Å². The van der Waals surface area contributed by atoms with Gasteiger partial charge in [0.2, 0.25) is 0 Å². The van der Waals surface area contributed by atoms with Crippen molar-refractivity contribution >= 4 is 22.6 Å². The predicted octanol–water partition coefficient (Wildman–Crippen LogP) is 5.84. The molecule has 0 saturated heterocycles. The van der Waals surface area contributed by atoms with Crippen LogP contribution in [0.15, 0.2) is 85.1 Å². The van der Waals surface area contributed by atoms with Gasteiger partial charge in [0.15, 0.2) is 0 Å². The van der Waals surface area contributed by atoms with Crippen molar-refractivity contribution < 1.29 is 9.47 Å². The van der Waals surface area contributed by atoms with Gasteiger partial charge in [0.1, 0.15) is 11.5 Å². The molecule has 0 aliphatic heterocycles. The van der Waals surface area contributed by atoms with Gasteiger partial charge < -0.3 is 9.47 Å². The molecule has 3 aromatic carbocycles. The first kappa shape index (κ1) is 17.8. The second kappa shape index (κ2) is 7.97. The molecule has 1 aromatic heterocycles. The Kier molecular flexibility index (Phi) is 5.07. The second-order valence-corrected chi connectivity index (χ2v) is 6.44. The third-order valence-electron chi connectivity index (χ3n) is 4.77. The number of fused-ring (bicyclic) bond motifs is 1. The van der Waals surface area contributed by atoms with Crippen molar-refractivity contribution in [1.82, 2.24) is 4.98 Å². The molecule has 4 rings (SSSR count). The third-order valence-corrected chi connectivity index (χ3v) is 4.77. The Labute approximate surface area is 164 Å². The maximum absolute atomic E-state index is 5.31. The van der Waals surface area contributed by atoms with Crippen molar-refractivity contribution in [2.45, 2.75) is 0 Å². The van der Waals surface area contributed by atoms with Gasteiger partial charge in [0.25, 0.3) is 0 Å². The van der Waals surface area contributed by atoms with E-state index in [1.165, 1.54) is 0 Å². The van der Waals surface area contributed by atoms with Crippen LogP contribution in [0.1, 0.15) is 16.7 Å². The first-order valence-corrected chi connectivity index (χ1v) is 9.13. The summed E-state index contributed by atoms with van der Waals surface area (Å²) in [6.07, 6.45) is 4.03. The van der Waals surface area contributed by atoms with Crippen molar-refractivity contribution in [2.75, 3.05) is 14.2 Å². The molecular weight excluding hydrogens is 346 g/mol. The maximum atomic E-state index is 5.31. The number of para-hydroxylation sites is 1. The lowest BCUT2D eigenvalue weighted by atomic mass is 9.95. The van der Waals surface area contributed by atoms with Gasteiger partial charge in [0, 0.05) is 17.1 Å². The first-order valence-electron chi connectivity index (χ1n) is 9.13. The number of hydrogen-bond acceptors (Lipinski definition) is 3. The van der Waals surface area contributed by atoms with Gasteiger partial charge in [0.05, 0.1) is 19.7 Å². The van der Waals surface area contributed by atoms with Gasteiger partial charge in [-0.15, -0.1) is 0 Å². The van der Waals surface area contributed by atoms with Gasteiger partial charge in [-0.3, -0.25) is 4.98 Å². The van der Waals surface area contributed by atoms with Crippen molar-refractivity contribution in [3.05, 3.63) is 102 Å². The predicted molar refractivity (Wildman–Crippen MR) is 115 cm³/mol. The quantitative estimate of drug-likeness (QED) is 0.415. The van der Waals surface area contributed by atoms with E-state index in [9.17, 15) is 0 Å². The maximum Gasteiger partial charge on any atom is 0.118 e. The van der Waals surface area contributed by atoms with E-state index >= 15 is 0 Å². The summed E-state index contributed by atoms with van der Waals surface area (Å²) in [7, 11) is 3.36. The van der Waals surface area contributed by atoms with Crippen LogP contribution in [0.4, 0.5) is 0 Å². The first-order chi connectivity index (χ1) is 13.8. The van der Waals surface area contributed by atoms with Gasteiger partial charge >= 0.3 is 0 Å². The molecule has 4 aromatic rings. The molecule has 0 saturated carbocycles. The van der Waals surface area contributed by atoms with E-state index < -0.39 is 0 Å². The molecule has 0 unspecified atom stereocenters. The number of aromatic nitrogens is 1. The van der Waals surface area contributed by atoms with Gasteiger partial charge in [-0.1, -0.05) is 48.5 Å². The Morgan fingerprint density at radius 3 is 1.86 bits per heavy atom. The highest BCUT2D eigenvalue weighted by atomic mass is 16.5. The molecule has 0 bridgehead atoms. The molecule has 0 atom stereocenters. The fourth-order valence-corrected chi connectivity index (χ4v) is 3.27. The van der Waals surface area contributed by atoms with Gasteiger partial charge in [-0.2, -0.15) is 0 Å². The van der Waals surface area contributed by atoms with E-state index in [4.69, 9.17) is 9.47 Å². The highest BCUT2D eigenvalue weighted by molar-refractivity contribution is 5.97. The normalized spacial score (nSPS) is 10.5. The lowest BCUT2D eigenvalue weighted by Gasteiger charge is -2.12. The summed E-state index contributed by atoms with van der Waals surface area (Å²) in [5.41, 5.74) is 5.41. The molecule has 0 radical (unpaired) electrons. The van der Waals surface area contributed by atoms with Crippen molar-refractivity contribution in [1.29, 1.82) is 0 Å². The minimum Gasteiger partial charge on any atom is -0.497 e. The summed E-state index contributed by atoms with van der Waals surface area (Å²) in [5, 5.41) is 1.13. The number of benzene rings is 3. The topological polar surface area (TPSA) is 31.4 Å². The number of pyridine rings is 1. The zero-order valence-corrected chi connectivity index (χ0v) is 15.9. The fourth-order valence-electron chi connectivity index (χ4n) is 3.27. The molecular formula is C25H21NO2. The van der Waals surface area contributed by atoms with Crippen LogP contribution in [-0.2, 0) is 0 Å². The summed E-state index contributed by atoms with van der Waals surface area (Å²) in [6, 6.07) is 26.5. The molecule has 1 heterocycles. The van der Waals surface area contributed by atoms with E-state index in [1.807, 2.05) is 36.5 Å². The van der Waals surface area contributed by atoms with Crippen molar-refractivity contribution in [3.63, 3.8) is 0 Å². The molecule has 0 N–H and O–H groups in total. The van der Waals surface area contributed by atoms with Crippen LogP contribution in [0.5, 0.6) is 11.5 Å². The van der Waals surface area contributed by atoms with E-state index in [1.54, 1.807) is 14.2 Å². The summed E-state index contributed by atoms with van der Waals surface area (Å²) in [6.45, 7) is 0. The number of hydrogen-bond donors (Lipinski definition) is 0. The molecule has 3 heteroatoms. The van der Waals surface area contributed by atoms with Crippen molar-refractivity contribution in [3.8, 4) is 11.5 Å². The molecule has 0 fully saturated rings. The minimum absolute atomic E-state index is 0.838. The molecule has 0 spiro atoms. The minimum atomic E-state index is 0.838. The zero-order chi connectivity index (χ0) is 19.3. The Bertz CT molecular complexity index is 1060. The molecule has 0 amide bonds. The summed E-state index contributed by atoms with van der Waals surface area (Å²) in [4.78, 5) is 4.59. The fraction of sp³-hybridized carbons (Fsp3) is 0.0800. The summed E-state index contributed by atoms with van der Waals surface area (Å²) >= 11 is 0. The lowest BCUT2D eigenvalue weighted by molar-refractivity contribution is 0.414.